The van der Waals surface area contributed by atoms with Crippen LogP contribution in [0.3, 0.4) is 0 Å². The van der Waals surface area contributed by atoms with Gasteiger partial charge in [-0.25, -0.2) is 0 Å². The molecule has 2 rings (SSSR count). The molecule has 0 radical (unpaired) electrons. The van der Waals surface area contributed by atoms with Crippen molar-refractivity contribution in [2.75, 3.05) is 39.9 Å². The number of likely N-dealkylation sites (N-methyl/N-ethyl adjacent to an activating group) is 2. The monoisotopic (exact) mass is 255 g/mol. The lowest BCUT2D eigenvalue weighted by Crippen LogP contribution is -2.45. The first-order valence-electron chi connectivity index (χ1n) is 7.01. The van der Waals surface area contributed by atoms with Gasteiger partial charge in [-0.15, -0.1) is 0 Å². The highest BCUT2D eigenvalue weighted by atomic mass is 16.5. The number of amides is 1. The average molecular weight is 255 g/mol. The fraction of sp³-hybridized carbons (Fsp3) is 0.923. The molecule has 2 atom stereocenters. The third-order valence-corrected chi connectivity index (χ3v) is 3.82. The highest BCUT2D eigenvalue weighted by Gasteiger charge is 2.33. The Morgan fingerprint density at radius 1 is 1.39 bits per heavy atom. The molecule has 5 nitrogen and oxygen atoms in total. The topological polar surface area (TPSA) is 53.6 Å². The summed E-state index contributed by atoms with van der Waals surface area (Å²) in [5.41, 5.74) is 0. The van der Waals surface area contributed by atoms with E-state index in [0.29, 0.717) is 13.2 Å². The van der Waals surface area contributed by atoms with Crippen LogP contribution >= 0.6 is 0 Å². The van der Waals surface area contributed by atoms with Crippen LogP contribution in [0, 0.1) is 5.92 Å². The second kappa shape index (κ2) is 6.50. The predicted octanol–water partition coefficient (Wildman–Crippen LogP) is -0.179. The minimum Gasteiger partial charge on any atom is -0.379 e. The number of nitrogens with zero attached hydrogens (tertiary/aromatic N) is 1. The minimum atomic E-state index is -0.0313. The molecule has 0 bridgehead atoms. The van der Waals surface area contributed by atoms with Gasteiger partial charge in [0.25, 0.3) is 0 Å². The molecule has 104 valence electrons. The van der Waals surface area contributed by atoms with Crippen molar-refractivity contribution < 1.29 is 9.53 Å². The molecule has 1 aliphatic heterocycles. The fourth-order valence-corrected chi connectivity index (χ4v) is 2.46. The molecule has 18 heavy (non-hydrogen) atoms. The first kappa shape index (κ1) is 13.8. The molecule has 1 saturated heterocycles. The molecule has 0 aromatic carbocycles. The molecule has 0 aromatic rings. The summed E-state index contributed by atoms with van der Waals surface area (Å²) in [5, 5.41) is 6.33. The Morgan fingerprint density at radius 3 is 2.83 bits per heavy atom. The van der Waals surface area contributed by atoms with Gasteiger partial charge < -0.3 is 20.3 Å². The molecule has 2 unspecified atom stereocenters. The Labute approximate surface area is 109 Å². The van der Waals surface area contributed by atoms with Crippen LogP contribution < -0.4 is 10.6 Å². The zero-order valence-electron chi connectivity index (χ0n) is 11.4. The van der Waals surface area contributed by atoms with Gasteiger partial charge in [0.15, 0.2) is 0 Å². The number of carbonyl (C=O) groups is 1. The Bertz CT molecular complexity index is 281. The summed E-state index contributed by atoms with van der Waals surface area (Å²) in [6, 6.07) is 0.933. The van der Waals surface area contributed by atoms with Gasteiger partial charge in [-0.1, -0.05) is 6.92 Å². The van der Waals surface area contributed by atoms with Gasteiger partial charge in [0.05, 0.1) is 19.1 Å². The van der Waals surface area contributed by atoms with Gasteiger partial charge in [0.1, 0.15) is 0 Å². The van der Waals surface area contributed by atoms with E-state index in [-0.39, 0.29) is 17.9 Å². The zero-order valence-corrected chi connectivity index (χ0v) is 11.4. The quantitative estimate of drug-likeness (QED) is 0.663. The lowest BCUT2D eigenvalue weighted by Gasteiger charge is -2.19. The third kappa shape index (κ3) is 3.67. The summed E-state index contributed by atoms with van der Waals surface area (Å²) < 4.78 is 5.39. The van der Waals surface area contributed by atoms with Crippen LogP contribution in [0.2, 0.25) is 0 Å². The predicted molar refractivity (Wildman–Crippen MR) is 70.4 cm³/mol. The molecular weight excluding hydrogens is 230 g/mol. The summed E-state index contributed by atoms with van der Waals surface area (Å²) in [5.74, 6) is 0.0961. The number of ether oxygens (including phenoxy) is 1. The minimum absolute atomic E-state index is 0.0313. The highest BCUT2D eigenvalue weighted by Crippen LogP contribution is 2.24. The van der Waals surface area contributed by atoms with Crippen LogP contribution in [0.4, 0.5) is 0 Å². The fourth-order valence-electron chi connectivity index (χ4n) is 2.46. The molecule has 1 amide bonds. The molecule has 5 heteroatoms. The van der Waals surface area contributed by atoms with Gasteiger partial charge in [0, 0.05) is 25.2 Å². The van der Waals surface area contributed by atoms with Crippen molar-refractivity contribution in [3.8, 4) is 0 Å². The maximum absolute atomic E-state index is 12.0. The summed E-state index contributed by atoms with van der Waals surface area (Å²) in [4.78, 5) is 14.4. The van der Waals surface area contributed by atoms with Crippen molar-refractivity contribution in [2.45, 2.75) is 31.8 Å². The second-order valence-corrected chi connectivity index (χ2v) is 5.31. The lowest BCUT2D eigenvalue weighted by molar-refractivity contribution is -0.125. The standard InChI is InChI=1S/C13H25N3O2/c1-3-14-12-9-18-8-11(12)13(17)15-6-7-16(2)10-4-5-10/h10-12,14H,3-9H2,1-2H3,(H,15,17). The molecule has 0 spiro atoms. The van der Waals surface area contributed by atoms with Crippen molar-refractivity contribution >= 4 is 5.91 Å². The van der Waals surface area contributed by atoms with E-state index in [2.05, 4.69) is 29.5 Å². The third-order valence-electron chi connectivity index (χ3n) is 3.82. The van der Waals surface area contributed by atoms with Gasteiger partial charge in [-0.05, 0) is 26.4 Å². The summed E-state index contributed by atoms with van der Waals surface area (Å²) in [6.45, 7) is 5.80. The van der Waals surface area contributed by atoms with Crippen LogP contribution in [-0.4, -0.2) is 62.8 Å². The van der Waals surface area contributed by atoms with Gasteiger partial charge in [-0.3, -0.25) is 4.79 Å². The van der Waals surface area contributed by atoms with Crippen molar-refractivity contribution in [1.82, 2.24) is 15.5 Å². The summed E-state index contributed by atoms with van der Waals surface area (Å²) in [7, 11) is 2.13. The van der Waals surface area contributed by atoms with E-state index in [1.165, 1.54) is 12.8 Å². The normalized spacial score (nSPS) is 27.7. The average Bonchev–Trinajstić information content (AvgIpc) is 3.10. The molecule has 2 N–H and O–H groups in total. The maximum Gasteiger partial charge on any atom is 0.227 e. The van der Waals surface area contributed by atoms with Gasteiger partial charge in [-0.2, -0.15) is 0 Å². The van der Waals surface area contributed by atoms with Crippen molar-refractivity contribution in [2.24, 2.45) is 5.92 Å². The van der Waals surface area contributed by atoms with Crippen LogP contribution in [0.1, 0.15) is 19.8 Å². The van der Waals surface area contributed by atoms with Crippen LogP contribution in [0.25, 0.3) is 0 Å². The second-order valence-electron chi connectivity index (χ2n) is 5.31. The van der Waals surface area contributed by atoms with Gasteiger partial charge in [0.2, 0.25) is 5.91 Å². The first-order chi connectivity index (χ1) is 8.72. The lowest BCUT2D eigenvalue weighted by atomic mass is 10.0. The SMILES string of the molecule is CCNC1COCC1C(=O)NCCN(C)C1CC1. The van der Waals surface area contributed by atoms with Crippen molar-refractivity contribution in [1.29, 1.82) is 0 Å². The Balaban J connectivity index is 1.66. The van der Waals surface area contributed by atoms with E-state index >= 15 is 0 Å². The Hall–Kier alpha value is -0.650. The first-order valence-corrected chi connectivity index (χ1v) is 7.01. The molecule has 2 aliphatic rings. The highest BCUT2D eigenvalue weighted by molar-refractivity contribution is 5.79. The van der Waals surface area contributed by atoms with Crippen molar-refractivity contribution in [3.05, 3.63) is 0 Å². The molecule has 1 saturated carbocycles. The molecule has 1 aliphatic carbocycles. The number of nitrogens with one attached hydrogen (secondary N) is 2. The zero-order chi connectivity index (χ0) is 13.0. The molecular formula is C13H25N3O2. The van der Waals surface area contributed by atoms with Gasteiger partial charge >= 0.3 is 0 Å². The van der Waals surface area contributed by atoms with Crippen molar-refractivity contribution in [3.63, 3.8) is 0 Å². The smallest absolute Gasteiger partial charge is 0.227 e. The van der Waals surface area contributed by atoms with E-state index in [1.54, 1.807) is 0 Å². The molecule has 1 heterocycles. The summed E-state index contributed by atoms with van der Waals surface area (Å²) in [6.07, 6.45) is 2.62. The van der Waals surface area contributed by atoms with E-state index in [4.69, 9.17) is 4.74 Å². The largest absolute Gasteiger partial charge is 0.379 e. The van der Waals surface area contributed by atoms with E-state index in [1.807, 2.05) is 0 Å². The maximum atomic E-state index is 12.0. The Morgan fingerprint density at radius 2 is 2.17 bits per heavy atom. The molecule has 0 aromatic heterocycles. The number of hydrogen-bond acceptors (Lipinski definition) is 4. The number of rotatable bonds is 7. The summed E-state index contributed by atoms with van der Waals surface area (Å²) >= 11 is 0. The van der Waals surface area contributed by atoms with E-state index < -0.39 is 0 Å². The van der Waals surface area contributed by atoms with Crippen LogP contribution in [0.5, 0.6) is 0 Å². The van der Waals surface area contributed by atoms with E-state index in [9.17, 15) is 4.79 Å². The Kier molecular flexibility index (Phi) is 4.97. The van der Waals surface area contributed by atoms with Crippen LogP contribution in [0.15, 0.2) is 0 Å². The van der Waals surface area contributed by atoms with Crippen LogP contribution in [-0.2, 0) is 9.53 Å². The van der Waals surface area contributed by atoms with E-state index in [0.717, 1.165) is 25.7 Å². The number of hydrogen-bond donors (Lipinski definition) is 2. The number of carbonyl (C=O) groups excluding carboxylic acids is 1. The molecule has 2 fully saturated rings.